The molecule has 0 saturated carbocycles. The molecular formula is C14H13N3. The van der Waals surface area contributed by atoms with E-state index in [1.54, 1.807) is 0 Å². The van der Waals surface area contributed by atoms with Crippen LogP contribution >= 0.6 is 0 Å². The van der Waals surface area contributed by atoms with Crippen LogP contribution in [0.25, 0.3) is 22.6 Å². The van der Waals surface area contributed by atoms with E-state index in [4.69, 9.17) is 0 Å². The minimum atomic E-state index is 0.842. The van der Waals surface area contributed by atoms with E-state index in [-0.39, 0.29) is 0 Å². The normalized spacial score (nSPS) is 10.9. The third-order valence-corrected chi connectivity index (χ3v) is 2.87. The predicted molar refractivity (Wildman–Crippen MR) is 68.8 cm³/mol. The summed E-state index contributed by atoms with van der Waals surface area (Å²) >= 11 is 0. The smallest absolute Gasteiger partial charge is 0.157 e. The summed E-state index contributed by atoms with van der Waals surface area (Å²) < 4.78 is 0. The van der Waals surface area contributed by atoms with Gasteiger partial charge in [-0.3, -0.25) is 0 Å². The van der Waals surface area contributed by atoms with Crippen molar-refractivity contribution in [1.82, 2.24) is 15.0 Å². The first-order valence-electron chi connectivity index (χ1n) is 5.62. The molecule has 2 aromatic heterocycles. The molecule has 1 aromatic carbocycles. The van der Waals surface area contributed by atoms with Gasteiger partial charge in [-0.2, -0.15) is 0 Å². The standard InChI is InChI=1S/C14H13N3/c1-9-7-12-14(15-8-9)17-13(16-12)11-6-4-3-5-10(11)2/h3-8H,1-2H3,(H,15,16,17). The Morgan fingerprint density at radius 3 is 2.76 bits per heavy atom. The average Bonchev–Trinajstić information content (AvgIpc) is 2.72. The Morgan fingerprint density at radius 1 is 1.12 bits per heavy atom. The van der Waals surface area contributed by atoms with Gasteiger partial charge >= 0.3 is 0 Å². The summed E-state index contributed by atoms with van der Waals surface area (Å²) in [5, 5.41) is 0. The highest BCUT2D eigenvalue weighted by Gasteiger charge is 2.07. The lowest BCUT2D eigenvalue weighted by Gasteiger charge is -1.99. The van der Waals surface area contributed by atoms with Crippen molar-refractivity contribution in [3.8, 4) is 11.4 Å². The number of aryl methyl sites for hydroxylation is 2. The summed E-state index contributed by atoms with van der Waals surface area (Å²) in [4.78, 5) is 12.2. The Hall–Kier alpha value is -2.16. The van der Waals surface area contributed by atoms with Gasteiger partial charge in [-0.25, -0.2) is 9.97 Å². The zero-order valence-corrected chi connectivity index (χ0v) is 9.86. The average molecular weight is 223 g/mol. The lowest BCUT2D eigenvalue weighted by Crippen LogP contribution is -1.84. The summed E-state index contributed by atoms with van der Waals surface area (Å²) in [5.74, 6) is 0.885. The number of pyridine rings is 1. The fourth-order valence-corrected chi connectivity index (χ4v) is 1.96. The Bertz CT molecular complexity index is 683. The number of benzene rings is 1. The number of nitrogens with one attached hydrogen (secondary N) is 1. The van der Waals surface area contributed by atoms with Gasteiger partial charge in [0.2, 0.25) is 0 Å². The van der Waals surface area contributed by atoms with E-state index in [0.29, 0.717) is 0 Å². The second kappa shape index (κ2) is 3.70. The summed E-state index contributed by atoms with van der Waals surface area (Å²) in [6.45, 7) is 4.11. The number of aromatic amines is 1. The lowest BCUT2D eigenvalue weighted by atomic mass is 10.1. The molecule has 3 rings (SSSR count). The van der Waals surface area contributed by atoms with E-state index in [1.165, 1.54) is 5.56 Å². The van der Waals surface area contributed by atoms with Crippen molar-refractivity contribution < 1.29 is 0 Å². The fourth-order valence-electron chi connectivity index (χ4n) is 1.96. The van der Waals surface area contributed by atoms with Crippen LogP contribution in [0, 0.1) is 13.8 Å². The third kappa shape index (κ3) is 1.69. The Labute approximate surface area is 99.5 Å². The van der Waals surface area contributed by atoms with E-state index in [0.717, 1.165) is 28.1 Å². The van der Waals surface area contributed by atoms with Crippen LogP contribution < -0.4 is 0 Å². The van der Waals surface area contributed by atoms with Crippen LogP contribution in [0.1, 0.15) is 11.1 Å². The Kier molecular flexibility index (Phi) is 2.18. The van der Waals surface area contributed by atoms with Crippen LogP contribution in [-0.4, -0.2) is 15.0 Å². The molecule has 2 heterocycles. The summed E-state index contributed by atoms with van der Waals surface area (Å²) in [7, 11) is 0. The number of aromatic nitrogens is 3. The summed E-state index contributed by atoms with van der Waals surface area (Å²) in [6, 6.07) is 10.2. The molecule has 1 N–H and O–H groups in total. The van der Waals surface area contributed by atoms with Crippen LogP contribution in [0.4, 0.5) is 0 Å². The van der Waals surface area contributed by atoms with Crippen molar-refractivity contribution in [3.05, 3.63) is 47.7 Å². The highest BCUT2D eigenvalue weighted by atomic mass is 15.0. The number of hydrogen-bond acceptors (Lipinski definition) is 2. The molecule has 0 atom stereocenters. The first-order chi connectivity index (χ1) is 8.24. The number of nitrogens with zero attached hydrogens (tertiary/aromatic N) is 2. The highest BCUT2D eigenvalue weighted by molar-refractivity contribution is 5.77. The maximum Gasteiger partial charge on any atom is 0.157 e. The molecular weight excluding hydrogens is 210 g/mol. The minimum Gasteiger partial charge on any atom is -0.323 e. The topological polar surface area (TPSA) is 41.6 Å². The van der Waals surface area contributed by atoms with Gasteiger partial charge in [-0.15, -0.1) is 0 Å². The Balaban J connectivity index is 2.22. The molecule has 0 spiro atoms. The van der Waals surface area contributed by atoms with E-state index >= 15 is 0 Å². The lowest BCUT2D eigenvalue weighted by molar-refractivity contribution is 1.27. The van der Waals surface area contributed by atoms with Crippen molar-refractivity contribution in [2.45, 2.75) is 13.8 Å². The van der Waals surface area contributed by atoms with Gasteiger partial charge in [0.1, 0.15) is 11.3 Å². The van der Waals surface area contributed by atoms with Gasteiger partial charge < -0.3 is 4.98 Å². The van der Waals surface area contributed by atoms with E-state index in [9.17, 15) is 0 Å². The minimum absolute atomic E-state index is 0.842. The molecule has 0 fully saturated rings. The summed E-state index contributed by atoms with van der Waals surface area (Å²) in [5.41, 5.74) is 5.23. The number of hydrogen-bond donors (Lipinski definition) is 1. The van der Waals surface area contributed by atoms with E-state index in [1.807, 2.05) is 31.3 Å². The zero-order chi connectivity index (χ0) is 11.8. The van der Waals surface area contributed by atoms with Crippen molar-refractivity contribution in [2.24, 2.45) is 0 Å². The fraction of sp³-hybridized carbons (Fsp3) is 0.143. The molecule has 0 aliphatic carbocycles. The predicted octanol–water partition coefficient (Wildman–Crippen LogP) is 3.24. The van der Waals surface area contributed by atoms with Crippen molar-refractivity contribution >= 4 is 11.2 Å². The molecule has 0 saturated heterocycles. The molecule has 3 heteroatoms. The van der Waals surface area contributed by atoms with Gasteiger partial charge in [0.05, 0.1) is 0 Å². The maximum atomic E-state index is 4.59. The Morgan fingerprint density at radius 2 is 1.94 bits per heavy atom. The first-order valence-corrected chi connectivity index (χ1v) is 5.62. The molecule has 3 nitrogen and oxygen atoms in total. The van der Waals surface area contributed by atoms with Gasteiger partial charge in [-0.05, 0) is 31.0 Å². The largest absolute Gasteiger partial charge is 0.323 e. The van der Waals surface area contributed by atoms with Crippen LogP contribution in [0.15, 0.2) is 36.5 Å². The monoisotopic (exact) mass is 223 g/mol. The molecule has 3 aromatic rings. The third-order valence-electron chi connectivity index (χ3n) is 2.87. The zero-order valence-electron chi connectivity index (χ0n) is 9.86. The van der Waals surface area contributed by atoms with Crippen molar-refractivity contribution in [1.29, 1.82) is 0 Å². The van der Waals surface area contributed by atoms with Crippen molar-refractivity contribution in [3.63, 3.8) is 0 Å². The van der Waals surface area contributed by atoms with Crippen LogP contribution in [0.5, 0.6) is 0 Å². The number of H-pyrrole nitrogens is 1. The molecule has 17 heavy (non-hydrogen) atoms. The van der Waals surface area contributed by atoms with Crippen LogP contribution in [-0.2, 0) is 0 Å². The first kappa shape index (κ1) is 10.0. The van der Waals surface area contributed by atoms with Gasteiger partial charge in [-0.1, -0.05) is 24.3 Å². The molecule has 0 aliphatic rings. The second-order valence-corrected chi connectivity index (χ2v) is 4.28. The molecule has 84 valence electrons. The molecule has 0 unspecified atom stereocenters. The highest BCUT2D eigenvalue weighted by Crippen LogP contribution is 2.22. The molecule has 0 amide bonds. The summed E-state index contributed by atoms with van der Waals surface area (Å²) in [6.07, 6.45) is 1.85. The second-order valence-electron chi connectivity index (χ2n) is 4.28. The maximum absolute atomic E-state index is 4.59. The van der Waals surface area contributed by atoms with E-state index < -0.39 is 0 Å². The quantitative estimate of drug-likeness (QED) is 0.688. The van der Waals surface area contributed by atoms with Gasteiger partial charge in [0.25, 0.3) is 0 Å². The number of fused-ring (bicyclic) bond motifs is 1. The van der Waals surface area contributed by atoms with Crippen molar-refractivity contribution in [2.75, 3.05) is 0 Å². The van der Waals surface area contributed by atoms with Crippen LogP contribution in [0.3, 0.4) is 0 Å². The van der Waals surface area contributed by atoms with Gasteiger partial charge in [0.15, 0.2) is 5.65 Å². The molecule has 0 radical (unpaired) electrons. The molecule has 0 aliphatic heterocycles. The number of rotatable bonds is 1. The van der Waals surface area contributed by atoms with Gasteiger partial charge in [0, 0.05) is 11.8 Å². The number of imidazole rings is 1. The van der Waals surface area contributed by atoms with E-state index in [2.05, 4.69) is 34.0 Å². The van der Waals surface area contributed by atoms with Crippen LogP contribution in [0.2, 0.25) is 0 Å². The molecule has 0 bridgehead atoms. The SMILES string of the molecule is Cc1cnc2[nH]c(-c3ccccc3C)nc2c1.